The number of hydrogen-bond donors (Lipinski definition) is 1. The van der Waals surface area contributed by atoms with Gasteiger partial charge in [0, 0.05) is 0 Å². The summed E-state index contributed by atoms with van der Waals surface area (Å²) in [4.78, 5) is 0. The van der Waals surface area contributed by atoms with Crippen molar-refractivity contribution in [1.82, 2.24) is 0 Å². The number of rotatable bonds is 19. The number of benzene rings is 2. The van der Waals surface area contributed by atoms with E-state index in [-0.39, 0.29) is 0 Å². The largest absolute Gasteiger partial charge is 0.489 e. The van der Waals surface area contributed by atoms with Gasteiger partial charge in [-0.05, 0) is 48.1 Å². The van der Waals surface area contributed by atoms with Crippen LogP contribution in [-0.2, 0) is 24.4 Å². The third kappa shape index (κ3) is 12.8. The second-order valence-corrected chi connectivity index (χ2v) is 9.24. The molecule has 2 aromatic carbocycles. The standard InChI is InChI=1S/C30H46O3/c1-3-5-6-7-8-9-10-11-12-13-15-26-20-22-29(23-21-26)32-24-27-16-18-28(19-17-27)25-33-30(31)14-4-2/h16-23,30-31H,3-15,24-25H2,1-2H3. The van der Waals surface area contributed by atoms with Gasteiger partial charge in [0.05, 0.1) is 6.61 Å². The first-order chi connectivity index (χ1) is 16.2. The van der Waals surface area contributed by atoms with Crippen LogP contribution in [0.15, 0.2) is 48.5 Å². The number of unbranched alkanes of at least 4 members (excludes halogenated alkanes) is 9. The molecule has 0 fully saturated rings. The summed E-state index contributed by atoms with van der Waals surface area (Å²) in [6.45, 7) is 5.30. The number of ether oxygens (including phenoxy) is 2. The summed E-state index contributed by atoms with van der Waals surface area (Å²) in [5, 5.41) is 9.67. The average Bonchev–Trinajstić information content (AvgIpc) is 2.84. The number of aryl methyl sites for hydroxylation is 1. The van der Waals surface area contributed by atoms with Gasteiger partial charge in [-0.15, -0.1) is 0 Å². The molecule has 0 amide bonds. The Bertz CT molecular complexity index is 708. The molecule has 0 heterocycles. The highest BCUT2D eigenvalue weighted by Gasteiger charge is 2.04. The van der Waals surface area contributed by atoms with Gasteiger partial charge in [-0.1, -0.05) is 114 Å². The first-order valence-corrected chi connectivity index (χ1v) is 13.3. The SMILES string of the molecule is CCCCCCCCCCCCc1ccc(OCc2ccc(COC(O)CCC)cc2)cc1. The molecule has 0 saturated heterocycles. The van der Waals surface area contributed by atoms with E-state index in [2.05, 4.69) is 43.3 Å². The molecule has 0 aliphatic rings. The summed E-state index contributed by atoms with van der Waals surface area (Å²) in [6, 6.07) is 16.8. The molecule has 0 aliphatic carbocycles. The predicted octanol–water partition coefficient (Wildman–Crippen LogP) is 8.36. The van der Waals surface area contributed by atoms with Crippen molar-refractivity contribution in [3.8, 4) is 5.75 Å². The fraction of sp³-hybridized carbons (Fsp3) is 0.600. The van der Waals surface area contributed by atoms with E-state index in [9.17, 15) is 5.11 Å². The zero-order valence-electron chi connectivity index (χ0n) is 21.1. The molecule has 0 aliphatic heterocycles. The summed E-state index contributed by atoms with van der Waals surface area (Å²) in [5.74, 6) is 0.914. The van der Waals surface area contributed by atoms with Gasteiger partial charge in [0.15, 0.2) is 6.29 Å². The molecule has 1 N–H and O–H groups in total. The summed E-state index contributed by atoms with van der Waals surface area (Å²) in [6.07, 6.45) is 15.9. The minimum absolute atomic E-state index is 0.433. The maximum absolute atomic E-state index is 9.67. The molecule has 1 atom stereocenters. The lowest BCUT2D eigenvalue weighted by Crippen LogP contribution is -2.11. The fourth-order valence-electron chi connectivity index (χ4n) is 3.99. The van der Waals surface area contributed by atoms with Crippen LogP contribution >= 0.6 is 0 Å². The summed E-state index contributed by atoms with van der Waals surface area (Å²) < 4.78 is 11.4. The zero-order chi connectivity index (χ0) is 23.6. The summed E-state index contributed by atoms with van der Waals surface area (Å²) in [7, 11) is 0. The van der Waals surface area contributed by atoms with Crippen molar-refractivity contribution in [2.75, 3.05) is 0 Å². The first-order valence-electron chi connectivity index (χ1n) is 13.3. The molecule has 3 heteroatoms. The van der Waals surface area contributed by atoms with Crippen LogP contribution in [0, 0.1) is 0 Å². The molecule has 184 valence electrons. The molecular formula is C30H46O3. The van der Waals surface area contributed by atoms with Crippen molar-refractivity contribution in [2.45, 2.75) is 117 Å². The Morgan fingerprint density at radius 1 is 0.606 bits per heavy atom. The van der Waals surface area contributed by atoms with E-state index in [1.165, 1.54) is 69.8 Å². The molecule has 3 nitrogen and oxygen atoms in total. The predicted molar refractivity (Wildman–Crippen MR) is 138 cm³/mol. The van der Waals surface area contributed by atoms with Crippen molar-refractivity contribution >= 4 is 0 Å². The van der Waals surface area contributed by atoms with E-state index >= 15 is 0 Å². The van der Waals surface area contributed by atoms with Gasteiger partial charge >= 0.3 is 0 Å². The van der Waals surface area contributed by atoms with Gasteiger partial charge in [0.2, 0.25) is 0 Å². The molecule has 0 spiro atoms. The van der Waals surface area contributed by atoms with Crippen LogP contribution in [0.2, 0.25) is 0 Å². The van der Waals surface area contributed by atoms with E-state index in [0.29, 0.717) is 19.6 Å². The highest BCUT2D eigenvalue weighted by Crippen LogP contribution is 2.17. The van der Waals surface area contributed by atoms with Crippen LogP contribution in [-0.4, -0.2) is 11.4 Å². The Balaban J connectivity index is 1.57. The maximum Gasteiger partial charge on any atom is 0.154 e. The van der Waals surface area contributed by atoms with Crippen molar-refractivity contribution in [2.24, 2.45) is 0 Å². The monoisotopic (exact) mass is 454 g/mol. The van der Waals surface area contributed by atoms with Gasteiger partial charge in [0.25, 0.3) is 0 Å². The van der Waals surface area contributed by atoms with Crippen molar-refractivity contribution in [3.05, 3.63) is 65.2 Å². The number of aliphatic hydroxyl groups is 1. The number of aliphatic hydroxyl groups excluding tert-OH is 1. The lowest BCUT2D eigenvalue weighted by atomic mass is 10.0. The van der Waals surface area contributed by atoms with Crippen LogP contribution in [0.4, 0.5) is 0 Å². The molecular weight excluding hydrogens is 408 g/mol. The lowest BCUT2D eigenvalue weighted by Gasteiger charge is -2.11. The Kier molecular flexibility index (Phi) is 14.6. The van der Waals surface area contributed by atoms with E-state index in [0.717, 1.165) is 29.7 Å². The van der Waals surface area contributed by atoms with Crippen molar-refractivity contribution in [3.63, 3.8) is 0 Å². The Morgan fingerprint density at radius 2 is 1.12 bits per heavy atom. The molecule has 0 saturated carbocycles. The molecule has 0 aromatic heterocycles. The normalized spacial score (nSPS) is 12.1. The first kappa shape index (κ1) is 27.4. The molecule has 2 rings (SSSR count). The zero-order valence-corrected chi connectivity index (χ0v) is 21.1. The van der Waals surface area contributed by atoms with Crippen molar-refractivity contribution in [1.29, 1.82) is 0 Å². The van der Waals surface area contributed by atoms with Gasteiger partial charge < -0.3 is 14.6 Å². The van der Waals surface area contributed by atoms with Gasteiger partial charge in [-0.2, -0.15) is 0 Å². The maximum atomic E-state index is 9.67. The Labute approximate surface area is 202 Å². The fourth-order valence-corrected chi connectivity index (χ4v) is 3.99. The molecule has 1 unspecified atom stereocenters. The average molecular weight is 455 g/mol. The lowest BCUT2D eigenvalue weighted by molar-refractivity contribution is -0.112. The summed E-state index contributed by atoms with van der Waals surface area (Å²) >= 11 is 0. The third-order valence-electron chi connectivity index (χ3n) is 6.15. The molecule has 0 radical (unpaired) electrons. The topological polar surface area (TPSA) is 38.7 Å². The Morgan fingerprint density at radius 3 is 1.70 bits per heavy atom. The van der Waals surface area contributed by atoms with Crippen LogP contribution in [0.25, 0.3) is 0 Å². The molecule has 33 heavy (non-hydrogen) atoms. The minimum Gasteiger partial charge on any atom is -0.489 e. The third-order valence-corrected chi connectivity index (χ3v) is 6.15. The summed E-state index contributed by atoms with van der Waals surface area (Å²) in [5.41, 5.74) is 3.59. The highest BCUT2D eigenvalue weighted by molar-refractivity contribution is 5.28. The highest BCUT2D eigenvalue weighted by atomic mass is 16.6. The Hall–Kier alpha value is -1.84. The van der Waals surface area contributed by atoms with E-state index in [1.807, 2.05) is 19.1 Å². The quantitative estimate of drug-likeness (QED) is 0.171. The minimum atomic E-state index is -0.675. The van der Waals surface area contributed by atoms with Crippen molar-refractivity contribution < 1.29 is 14.6 Å². The van der Waals surface area contributed by atoms with E-state index in [1.54, 1.807) is 0 Å². The van der Waals surface area contributed by atoms with Gasteiger partial charge in [-0.3, -0.25) is 0 Å². The van der Waals surface area contributed by atoms with Crippen LogP contribution in [0.3, 0.4) is 0 Å². The second-order valence-electron chi connectivity index (χ2n) is 9.24. The second kappa shape index (κ2) is 17.6. The van der Waals surface area contributed by atoms with Crippen LogP contribution < -0.4 is 4.74 Å². The smallest absolute Gasteiger partial charge is 0.154 e. The van der Waals surface area contributed by atoms with E-state index in [4.69, 9.17) is 9.47 Å². The molecule has 0 bridgehead atoms. The number of hydrogen-bond acceptors (Lipinski definition) is 3. The molecule has 2 aromatic rings. The van der Waals surface area contributed by atoms with Gasteiger partial charge in [0.1, 0.15) is 12.4 Å². The van der Waals surface area contributed by atoms with Gasteiger partial charge in [-0.25, -0.2) is 0 Å². The van der Waals surface area contributed by atoms with Crippen LogP contribution in [0.5, 0.6) is 5.75 Å². The van der Waals surface area contributed by atoms with E-state index < -0.39 is 6.29 Å². The van der Waals surface area contributed by atoms with Crippen LogP contribution in [0.1, 0.15) is 108 Å².